The van der Waals surface area contributed by atoms with Crippen molar-refractivity contribution in [2.24, 2.45) is 5.92 Å². The van der Waals surface area contributed by atoms with Crippen molar-refractivity contribution in [3.63, 3.8) is 0 Å². The molecule has 5 nitrogen and oxygen atoms in total. The molecule has 1 aliphatic rings. The zero-order valence-corrected chi connectivity index (χ0v) is 21.3. The number of aromatic nitrogens is 2. The van der Waals surface area contributed by atoms with E-state index in [0.717, 1.165) is 35.9 Å². The molecule has 4 rings (SSSR count). The number of rotatable bonds is 5. The first-order valence-corrected chi connectivity index (χ1v) is 12.2. The summed E-state index contributed by atoms with van der Waals surface area (Å²) in [5.41, 5.74) is 1.13. The van der Waals surface area contributed by atoms with E-state index in [1.165, 1.54) is 6.92 Å². The minimum Gasteiger partial charge on any atom is -0.371 e. The van der Waals surface area contributed by atoms with Crippen LogP contribution in [-0.2, 0) is 11.0 Å². The first kappa shape index (κ1) is 26.2. The number of hydrogen-bond acceptors (Lipinski definition) is 4. The molecule has 1 aromatic heterocycles. The zero-order chi connectivity index (χ0) is 26.4. The number of alkyl halides is 3. The van der Waals surface area contributed by atoms with E-state index in [1.807, 2.05) is 0 Å². The molecule has 0 spiro atoms. The van der Waals surface area contributed by atoms with Crippen LogP contribution in [-0.4, -0.2) is 40.0 Å². The molecule has 10 heteroatoms. The van der Waals surface area contributed by atoms with Crippen LogP contribution < -0.4 is 0 Å². The van der Waals surface area contributed by atoms with Gasteiger partial charge in [0.1, 0.15) is 6.29 Å². The molecule has 3 aromatic rings. The minimum atomic E-state index is -4.53. The molecule has 0 saturated carbocycles. The van der Waals surface area contributed by atoms with Crippen LogP contribution in [0.1, 0.15) is 52.0 Å². The Balaban J connectivity index is 1.73. The van der Waals surface area contributed by atoms with E-state index in [0.29, 0.717) is 36.7 Å². The number of hydrogen-bond donors (Lipinski definition) is 0. The zero-order valence-electron chi connectivity index (χ0n) is 19.8. The number of carbonyl (C=O) groups is 2. The van der Waals surface area contributed by atoms with Gasteiger partial charge < -0.3 is 9.69 Å². The van der Waals surface area contributed by atoms with Crippen molar-refractivity contribution in [3.05, 3.63) is 68.8 Å². The molecule has 0 amide bonds. The average Bonchev–Trinajstić information content (AvgIpc) is 3.16. The second-order valence-corrected chi connectivity index (χ2v) is 9.84. The summed E-state index contributed by atoms with van der Waals surface area (Å²) in [6, 6.07) is 5.22. The highest BCUT2D eigenvalue weighted by molar-refractivity contribution is 6.41. The van der Waals surface area contributed by atoms with Gasteiger partial charge in [-0.05, 0) is 62.4 Å². The molecular formula is C26H24Cl2F3N3O2. The van der Waals surface area contributed by atoms with Gasteiger partial charge in [0.2, 0.25) is 0 Å². The Kier molecular flexibility index (Phi) is 7.21. The van der Waals surface area contributed by atoms with Gasteiger partial charge in [-0.2, -0.15) is 23.0 Å². The highest BCUT2D eigenvalue weighted by Crippen LogP contribution is 2.37. The van der Waals surface area contributed by atoms with Crippen LogP contribution in [0.15, 0.2) is 30.8 Å². The first-order chi connectivity index (χ1) is 16.9. The SMILES string of the molecule is C=C(c1ccc(Cl)c(C(=O)n2nc(C)c3cc(C(F)(F)F)cc(C)c32)c1Cl)N1CCC(CC=O)CC1. The fraction of sp³-hybridized carbons (Fsp3) is 0.346. The van der Waals surface area contributed by atoms with Gasteiger partial charge in [-0.15, -0.1) is 0 Å². The lowest BCUT2D eigenvalue weighted by Gasteiger charge is -2.34. The van der Waals surface area contributed by atoms with E-state index < -0.39 is 17.6 Å². The number of carbonyl (C=O) groups excluding carboxylic acids is 2. The maximum absolute atomic E-state index is 13.6. The Morgan fingerprint density at radius 2 is 1.86 bits per heavy atom. The van der Waals surface area contributed by atoms with E-state index in [2.05, 4.69) is 16.6 Å². The number of nitrogens with zero attached hydrogens (tertiary/aromatic N) is 3. The van der Waals surface area contributed by atoms with E-state index in [4.69, 9.17) is 23.2 Å². The van der Waals surface area contributed by atoms with Crippen LogP contribution in [0.4, 0.5) is 13.2 Å². The highest BCUT2D eigenvalue weighted by Gasteiger charge is 2.33. The molecule has 0 atom stereocenters. The van der Waals surface area contributed by atoms with Gasteiger partial charge in [0.05, 0.1) is 32.4 Å². The molecule has 0 aliphatic carbocycles. The Bertz CT molecular complexity index is 1370. The summed E-state index contributed by atoms with van der Waals surface area (Å²) >= 11 is 13.1. The summed E-state index contributed by atoms with van der Waals surface area (Å²) in [6.07, 6.45) is -1.38. The molecule has 36 heavy (non-hydrogen) atoms. The molecule has 1 aliphatic heterocycles. The smallest absolute Gasteiger partial charge is 0.371 e. The van der Waals surface area contributed by atoms with Gasteiger partial charge in [0, 0.05) is 36.2 Å². The third-order valence-corrected chi connectivity index (χ3v) is 7.42. The molecule has 1 fully saturated rings. The predicted molar refractivity (Wildman–Crippen MR) is 134 cm³/mol. The number of likely N-dealkylation sites (tertiary alicyclic amines) is 1. The molecule has 0 N–H and O–H groups in total. The Morgan fingerprint density at radius 3 is 2.47 bits per heavy atom. The van der Waals surface area contributed by atoms with Crippen LogP contribution >= 0.6 is 23.2 Å². The van der Waals surface area contributed by atoms with Crippen LogP contribution in [0, 0.1) is 19.8 Å². The van der Waals surface area contributed by atoms with E-state index in [9.17, 15) is 22.8 Å². The van der Waals surface area contributed by atoms with Crippen molar-refractivity contribution >= 4 is 52.0 Å². The Hall–Kier alpha value is -2.84. The number of piperidine rings is 1. The van der Waals surface area contributed by atoms with Crippen LogP contribution in [0.3, 0.4) is 0 Å². The van der Waals surface area contributed by atoms with E-state index in [-0.39, 0.29) is 37.8 Å². The lowest BCUT2D eigenvalue weighted by Crippen LogP contribution is -2.32. The normalized spacial score (nSPS) is 14.9. The molecule has 1 saturated heterocycles. The van der Waals surface area contributed by atoms with Crippen LogP contribution in [0.2, 0.25) is 10.0 Å². The Labute approximate surface area is 216 Å². The van der Waals surface area contributed by atoms with Gasteiger partial charge in [-0.3, -0.25) is 4.79 Å². The molecular weight excluding hydrogens is 514 g/mol. The second kappa shape index (κ2) is 9.90. The maximum Gasteiger partial charge on any atom is 0.416 e. The lowest BCUT2D eigenvalue weighted by molar-refractivity contribution is -0.137. The quantitative estimate of drug-likeness (QED) is 0.331. The molecule has 0 radical (unpaired) electrons. The average molecular weight is 538 g/mol. The third-order valence-electron chi connectivity index (χ3n) is 6.71. The summed E-state index contributed by atoms with van der Waals surface area (Å²) in [7, 11) is 0. The summed E-state index contributed by atoms with van der Waals surface area (Å²) < 4.78 is 41.1. The Morgan fingerprint density at radius 1 is 1.19 bits per heavy atom. The minimum absolute atomic E-state index is 0.00322. The molecule has 0 unspecified atom stereocenters. The van der Waals surface area contributed by atoms with Crippen molar-refractivity contribution in [2.45, 2.75) is 39.3 Å². The lowest BCUT2D eigenvalue weighted by atomic mass is 9.93. The van der Waals surface area contributed by atoms with E-state index in [1.54, 1.807) is 19.1 Å². The van der Waals surface area contributed by atoms with Crippen LogP contribution in [0.25, 0.3) is 16.6 Å². The number of aldehydes is 1. The molecule has 2 aromatic carbocycles. The number of fused-ring (bicyclic) bond motifs is 1. The summed E-state index contributed by atoms with van der Waals surface area (Å²) in [6.45, 7) is 8.61. The van der Waals surface area contributed by atoms with Crippen molar-refractivity contribution < 1.29 is 22.8 Å². The molecule has 190 valence electrons. The van der Waals surface area contributed by atoms with Crippen molar-refractivity contribution in [1.82, 2.24) is 14.7 Å². The van der Waals surface area contributed by atoms with Crippen molar-refractivity contribution in [1.29, 1.82) is 0 Å². The maximum atomic E-state index is 13.6. The monoisotopic (exact) mass is 537 g/mol. The topological polar surface area (TPSA) is 55.2 Å². The second-order valence-electron chi connectivity index (χ2n) is 9.05. The van der Waals surface area contributed by atoms with E-state index >= 15 is 0 Å². The molecule has 0 bridgehead atoms. The summed E-state index contributed by atoms with van der Waals surface area (Å²) in [5.74, 6) is -0.313. The van der Waals surface area contributed by atoms with Crippen molar-refractivity contribution in [3.8, 4) is 0 Å². The summed E-state index contributed by atoms with van der Waals surface area (Å²) in [4.78, 5) is 26.5. The van der Waals surface area contributed by atoms with Crippen LogP contribution in [0.5, 0.6) is 0 Å². The van der Waals surface area contributed by atoms with Gasteiger partial charge in [0.25, 0.3) is 5.91 Å². The fourth-order valence-electron chi connectivity index (χ4n) is 4.72. The predicted octanol–water partition coefficient (Wildman–Crippen LogP) is 6.94. The summed E-state index contributed by atoms with van der Waals surface area (Å²) in [5, 5.41) is 4.66. The van der Waals surface area contributed by atoms with Gasteiger partial charge >= 0.3 is 6.18 Å². The van der Waals surface area contributed by atoms with Gasteiger partial charge in [-0.1, -0.05) is 29.8 Å². The number of aryl methyl sites for hydroxylation is 2. The first-order valence-electron chi connectivity index (χ1n) is 11.4. The largest absolute Gasteiger partial charge is 0.416 e. The van der Waals surface area contributed by atoms with Gasteiger partial charge in [-0.25, -0.2) is 0 Å². The fourth-order valence-corrected chi connectivity index (χ4v) is 5.36. The third kappa shape index (κ3) is 4.76. The van der Waals surface area contributed by atoms with Gasteiger partial charge in [0.15, 0.2) is 0 Å². The highest BCUT2D eigenvalue weighted by atomic mass is 35.5. The number of benzene rings is 2. The molecule has 2 heterocycles. The standard InChI is InChI=1S/C26H24Cl2F3N3O2/c1-14-12-18(26(29,30)31)13-20-15(2)32-34(24(14)20)25(36)22-21(27)5-4-19(23(22)28)16(3)33-9-6-17(7-10-33)8-11-35/h4-5,11-13,17H,3,6-10H2,1-2H3. The van der Waals surface area contributed by atoms with Crippen molar-refractivity contribution in [2.75, 3.05) is 13.1 Å². The number of halogens is 5.